The minimum Gasteiger partial charge on any atom is -0.216 e. The number of unbranched alkanes of at least 4 members (excludes halogenated alkanes) is 2. The average molecular weight is 216 g/mol. The van der Waals surface area contributed by atoms with Crippen LogP contribution in [-0.2, 0) is 10.0 Å². The monoisotopic (exact) mass is 215 g/mol. The Morgan fingerprint density at radius 3 is 2.17 bits per heavy atom. The molecule has 5 heteroatoms. The molecule has 0 radical (unpaired) electrons. The van der Waals surface area contributed by atoms with Crippen LogP contribution in [0.3, 0.4) is 0 Å². The van der Waals surface area contributed by atoms with Crippen LogP contribution in [0.2, 0.25) is 0 Å². The Balaban J connectivity index is 0. The number of hydrogen-bond acceptors (Lipinski definition) is 2. The van der Waals surface area contributed by atoms with E-state index >= 15 is 0 Å². The van der Waals surface area contributed by atoms with E-state index in [1.807, 2.05) is 0 Å². The molecule has 0 rings (SSSR count). The standard InChI is InChI=1S/C7H17NO2S.ClH/c1-3-5-6-7-11(9,10)8-4-2;/h8H,3-7H2,1-2H3;1H. The molecule has 3 nitrogen and oxygen atoms in total. The maximum absolute atomic E-state index is 11.0. The third-order valence-electron chi connectivity index (χ3n) is 1.38. The Hall–Kier alpha value is 0.200. The summed E-state index contributed by atoms with van der Waals surface area (Å²) in [6.45, 7) is 4.34. The fourth-order valence-electron chi connectivity index (χ4n) is 0.834. The molecule has 76 valence electrons. The molecule has 0 bridgehead atoms. The Bertz CT molecular complexity index is 180. The highest BCUT2D eigenvalue weighted by Gasteiger charge is 2.05. The van der Waals surface area contributed by atoms with Crippen LogP contribution in [0.1, 0.15) is 33.1 Å². The average Bonchev–Trinajstić information content (AvgIpc) is 1.87. The summed E-state index contributed by atoms with van der Waals surface area (Å²) in [6.07, 6.45) is 2.82. The highest BCUT2D eigenvalue weighted by Crippen LogP contribution is 1.96. The lowest BCUT2D eigenvalue weighted by Crippen LogP contribution is -2.25. The van der Waals surface area contributed by atoms with Crippen LogP contribution in [0.15, 0.2) is 0 Å². The van der Waals surface area contributed by atoms with Crippen molar-refractivity contribution in [1.29, 1.82) is 0 Å². The van der Waals surface area contributed by atoms with Crippen LogP contribution in [0.25, 0.3) is 0 Å². The molecule has 0 atom stereocenters. The van der Waals surface area contributed by atoms with Crippen molar-refractivity contribution in [2.24, 2.45) is 0 Å². The molecule has 0 aromatic heterocycles. The van der Waals surface area contributed by atoms with Gasteiger partial charge in [0, 0.05) is 6.54 Å². The normalized spacial score (nSPS) is 10.8. The van der Waals surface area contributed by atoms with E-state index in [0.717, 1.165) is 19.3 Å². The number of halogens is 1. The fraction of sp³-hybridized carbons (Fsp3) is 1.00. The maximum Gasteiger partial charge on any atom is 0.211 e. The first-order chi connectivity index (χ1) is 5.12. The number of hydrogen-bond donors (Lipinski definition) is 1. The predicted octanol–water partition coefficient (Wildman–Crippen LogP) is 1.54. The lowest BCUT2D eigenvalue weighted by Gasteiger charge is -2.02. The summed E-state index contributed by atoms with van der Waals surface area (Å²) < 4.78 is 24.4. The topological polar surface area (TPSA) is 46.2 Å². The molecule has 12 heavy (non-hydrogen) atoms. The first-order valence-corrected chi connectivity index (χ1v) is 5.75. The summed E-state index contributed by atoms with van der Waals surface area (Å²) in [7, 11) is -2.95. The molecule has 0 aromatic rings. The Kier molecular flexibility index (Phi) is 9.60. The lowest BCUT2D eigenvalue weighted by atomic mass is 10.3. The van der Waals surface area contributed by atoms with Crippen LogP contribution in [0.4, 0.5) is 0 Å². The minimum atomic E-state index is -2.95. The van der Waals surface area contributed by atoms with Crippen molar-refractivity contribution in [3.8, 4) is 0 Å². The van der Waals surface area contributed by atoms with E-state index < -0.39 is 10.0 Å². The van der Waals surface area contributed by atoms with Crippen molar-refractivity contribution in [1.82, 2.24) is 4.72 Å². The van der Waals surface area contributed by atoms with Gasteiger partial charge in [0.15, 0.2) is 0 Å². The van der Waals surface area contributed by atoms with E-state index in [4.69, 9.17) is 0 Å². The van der Waals surface area contributed by atoms with Crippen LogP contribution in [0, 0.1) is 0 Å². The van der Waals surface area contributed by atoms with E-state index in [2.05, 4.69) is 11.6 Å². The summed E-state index contributed by atoms with van der Waals surface area (Å²) in [4.78, 5) is 0. The van der Waals surface area contributed by atoms with Gasteiger partial charge in [0.05, 0.1) is 5.75 Å². The van der Waals surface area contributed by atoms with Gasteiger partial charge in [-0.05, 0) is 6.42 Å². The quantitative estimate of drug-likeness (QED) is 0.684. The summed E-state index contributed by atoms with van der Waals surface area (Å²) in [5, 5.41) is 0. The summed E-state index contributed by atoms with van der Waals surface area (Å²) in [5.74, 6) is 0.272. The largest absolute Gasteiger partial charge is 0.216 e. The van der Waals surface area contributed by atoms with E-state index in [9.17, 15) is 8.42 Å². The summed E-state index contributed by atoms with van der Waals surface area (Å²) in [5.41, 5.74) is 0. The SMILES string of the molecule is CCCCCS(=O)(=O)NCC.Cl. The van der Waals surface area contributed by atoms with Gasteiger partial charge >= 0.3 is 0 Å². The molecule has 0 unspecified atom stereocenters. The van der Waals surface area contributed by atoms with Gasteiger partial charge in [-0.25, -0.2) is 13.1 Å². The number of rotatable bonds is 6. The zero-order valence-corrected chi connectivity index (χ0v) is 9.30. The molecule has 0 aliphatic carbocycles. The molecule has 1 N–H and O–H groups in total. The first kappa shape index (κ1) is 14.7. The zero-order valence-electron chi connectivity index (χ0n) is 7.67. The molecular weight excluding hydrogens is 198 g/mol. The van der Waals surface area contributed by atoms with E-state index in [1.54, 1.807) is 6.92 Å². The van der Waals surface area contributed by atoms with Crippen LogP contribution < -0.4 is 4.72 Å². The maximum atomic E-state index is 11.0. The number of nitrogens with one attached hydrogen (secondary N) is 1. The summed E-state index contributed by atoms with van der Waals surface area (Å²) in [6, 6.07) is 0. The zero-order chi connectivity index (χ0) is 8.74. The second kappa shape index (κ2) is 7.83. The third-order valence-corrected chi connectivity index (χ3v) is 2.94. The lowest BCUT2D eigenvalue weighted by molar-refractivity contribution is 0.579. The first-order valence-electron chi connectivity index (χ1n) is 4.09. The van der Waals surface area contributed by atoms with E-state index in [1.165, 1.54) is 0 Å². The molecule has 0 saturated heterocycles. The van der Waals surface area contributed by atoms with Crippen molar-refractivity contribution >= 4 is 22.4 Å². The Labute approximate surface area is 81.4 Å². The third kappa shape index (κ3) is 8.30. The molecule has 0 aliphatic heterocycles. The molecule has 0 heterocycles. The van der Waals surface area contributed by atoms with Gasteiger partial charge in [0.1, 0.15) is 0 Å². The molecular formula is C7H18ClNO2S. The molecule has 0 aromatic carbocycles. The van der Waals surface area contributed by atoms with Gasteiger partial charge in [-0.1, -0.05) is 26.7 Å². The molecule has 0 spiro atoms. The van der Waals surface area contributed by atoms with E-state index in [-0.39, 0.29) is 18.2 Å². The highest BCUT2D eigenvalue weighted by molar-refractivity contribution is 7.89. The Morgan fingerprint density at radius 2 is 1.75 bits per heavy atom. The Morgan fingerprint density at radius 1 is 1.17 bits per heavy atom. The van der Waals surface area contributed by atoms with E-state index in [0.29, 0.717) is 6.54 Å². The minimum absolute atomic E-state index is 0. The molecule has 0 fully saturated rings. The second-order valence-corrected chi connectivity index (χ2v) is 4.45. The predicted molar refractivity (Wildman–Crippen MR) is 54.2 cm³/mol. The van der Waals surface area contributed by atoms with Crippen molar-refractivity contribution < 1.29 is 8.42 Å². The molecule has 0 amide bonds. The van der Waals surface area contributed by atoms with Crippen LogP contribution in [0.5, 0.6) is 0 Å². The van der Waals surface area contributed by atoms with Gasteiger partial charge in [0.2, 0.25) is 10.0 Å². The number of sulfonamides is 1. The smallest absolute Gasteiger partial charge is 0.211 e. The van der Waals surface area contributed by atoms with Gasteiger partial charge < -0.3 is 0 Å². The van der Waals surface area contributed by atoms with Crippen LogP contribution >= 0.6 is 12.4 Å². The van der Waals surface area contributed by atoms with Gasteiger partial charge in [0.25, 0.3) is 0 Å². The fourth-order valence-corrected chi connectivity index (χ4v) is 2.00. The molecule has 0 aliphatic rings. The highest BCUT2D eigenvalue weighted by atomic mass is 35.5. The van der Waals surface area contributed by atoms with Crippen molar-refractivity contribution in [3.63, 3.8) is 0 Å². The van der Waals surface area contributed by atoms with Crippen molar-refractivity contribution in [2.75, 3.05) is 12.3 Å². The van der Waals surface area contributed by atoms with Gasteiger partial charge in [-0.15, -0.1) is 12.4 Å². The summed E-state index contributed by atoms with van der Waals surface area (Å²) >= 11 is 0. The molecule has 0 saturated carbocycles. The van der Waals surface area contributed by atoms with Gasteiger partial charge in [-0.2, -0.15) is 0 Å². The van der Waals surface area contributed by atoms with Gasteiger partial charge in [-0.3, -0.25) is 0 Å². The second-order valence-electron chi connectivity index (χ2n) is 2.52. The van der Waals surface area contributed by atoms with Crippen molar-refractivity contribution in [3.05, 3.63) is 0 Å². The van der Waals surface area contributed by atoms with Crippen LogP contribution in [-0.4, -0.2) is 20.7 Å². The van der Waals surface area contributed by atoms with Crippen molar-refractivity contribution in [2.45, 2.75) is 33.1 Å².